The lowest BCUT2D eigenvalue weighted by molar-refractivity contribution is 0.0743. The molecule has 3 heteroatoms. The first-order chi connectivity index (χ1) is 8.63. The predicted octanol–water partition coefficient (Wildman–Crippen LogP) is 2.72. The molecule has 0 saturated heterocycles. The molecule has 1 aliphatic rings. The number of rotatable bonds is 3. The maximum atomic E-state index is 12.3. The number of hydrogen-bond donors (Lipinski definition) is 0. The van der Waals surface area contributed by atoms with Crippen LogP contribution in [0.25, 0.3) is 0 Å². The van der Waals surface area contributed by atoms with E-state index in [2.05, 4.69) is 32.0 Å². The zero-order chi connectivity index (χ0) is 13.1. The molecule has 3 nitrogen and oxygen atoms in total. The van der Waals surface area contributed by atoms with E-state index in [1.807, 2.05) is 6.07 Å². The summed E-state index contributed by atoms with van der Waals surface area (Å²) in [7, 11) is 0. The van der Waals surface area contributed by atoms with Gasteiger partial charge in [-0.1, -0.05) is 26.0 Å². The van der Waals surface area contributed by atoms with Gasteiger partial charge in [0, 0.05) is 18.7 Å². The van der Waals surface area contributed by atoms with E-state index in [4.69, 9.17) is 5.26 Å². The molecule has 0 aromatic heterocycles. The van der Waals surface area contributed by atoms with Gasteiger partial charge in [-0.05, 0) is 29.5 Å². The van der Waals surface area contributed by atoms with Gasteiger partial charge < -0.3 is 4.90 Å². The van der Waals surface area contributed by atoms with Crippen LogP contribution in [0.5, 0.6) is 0 Å². The third-order valence-electron chi connectivity index (χ3n) is 3.46. The number of nitriles is 1. The van der Waals surface area contributed by atoms with Crippen LogP contribution in [-0.4, -0.2) is 23.9 Å². The van der Waals surface area contributed by atoms with Crippen LogP contribution in [0, 0.1) is 11.3 Å². The Bertz CT molecular complexity index is 500. The van der Waals surface area contributed by atoms with Crippen molar-refractivity contribution in [1.82, 2.24) is 4.90 Å². The molecule has 0 aliphatic carbocycles. The summed E-state index contributed by atoms with van der Waals surface area (Å²) in [5.41, 5.74) is 3.16. The highest BCUT2D eigenvalue weighted by Gasteiger charge is 2.24. The predicted molar refractivity (Wildman–Crippen MR) is 70.4 cm³/mol. The monoisotopic (exact) mass is 242 g/mol. The highest BCUT2D eigenvalue weighted by Crippen LogP contribution is 2.24. The Balaban J connectivity index is 2.27. The summed E-state index contributed by atoms with van der Waals surface area (Å²) in [6.45, 7) is 5.53. The minimum Gasteiger partial charge on any atom is -0.337 e. The Morgan fingerprint density at radius 2 is 2.22 bits per heavy atom. The zero-order valence-corrected chi connectivity index (χ0v) is 10.9. The van der Waals surface area contributed by atoms with Gasteiger partial charge in [0.1, 0.15) is 0 Å². The summed E-state index contributed by atoms with van der Waals surface area (Å²) in [4.78, 5) is 14.1. The van der Waals surface area contributed by atoms with Gasteiger partial charge in [0.05, 0.1) is 12.5 Å². The smallest absolute Gasteiger partial charge is 0.254 e. The van der Waals surface area contributed by atoms with E-state index in [9.17, 15) is 4.79 Å². The number of carbonyl (C=O) groups excluding carboxylic acids is 1. The van der Waals surface area contributed by atoms with Crippen LogP contribution in [-0.2, 0) is 6.42 Å². The topological polar surface area (TPSA) is 44.1 Å². The number of hydrogen-bond acceptors (Lipinski definition) is 2. The van der Waals surface area contributed by atoms with Crippen molar-refractivity contribution in [3.8, 4) is 6.07 Å². The van der Waals surface area contributed by atoms with Gasteiger partial charge in [-0.25, -0.2) is 0 Å². The fraction of sp³-hybridized carbons (Fsp3) is 0.467. The van der Waals surface area contributed by atoms with Crippen LogP contribution < -0.4 is 0 Å². The maximum Gasteiger partial charge on any atom is 0.254 e. The molecular formula is C15H18N2O. The zero-order valence-electron chi connectivity index (χ0n) is 10.9. The van der Waals surface area contributed by atoms with Crippen molar-refractivity contribution in [3.63, 3.8) is 0 Å². The second kappa shape index (κ2) is 5.22. The second-order valence-electron chi connectivity index (χ2n) is 5.02. The quantitative estimate of drug-likeness (QED) is 0.818. The first-order valence-electron chi connectivity index (χ1n) is 6.42. The molecule has 0 atom stereocenters. The average Bonchev–Trinajstić information content (AvgIpc) is 2.37. The number of fused-ring (bicyclic) bond motifs is 1. The number of benzene rings is 1. The standard InChI is InChI=1S/C15H18N2O/c1-11(2)13-5-4-12-6-9-17(8-3-7-16)15(18)14(12)10-13/h4-5,10-11H,3,6,8-9H2,1-2H3. The van der Waals surface area contributed by atoms with Gasteiger partial charge in [-0.15, -0.1) is 0 Å². The molecule has 0 spiro atoms. The number of nitrogens with zero attached hydrogens (tertiary/aromatic N) is 2. The number of carbonyl (C=O) groups is 1. The van der Waals surface area contributed by atoms with Crippen molar-refractivity contribution in [2.75, 3.05) is 13.1 Å². The SMILES string of the molecule is CC(C)c1ccc2c(c1)C(=O)N(CCC#N)CC2. The lowest BCUT2D eigenvalue weighted by Gasteiger charge is -2.28. The Kier molecular flexibility index (Phi) is 3.66. The molecule has 94 valence electrons. The normalized spacial score (nSPS) is 14.6. The number of amides is 1. The third kappa shape index (κ3) is 2.38. The fourth-order valence-electron chi connectivity index (χ4n) is 2.30. The molecule has 0 unspecified atom stereocenters. The van der Waals surface area contributed by atoms with Crippen LogP contribution in [0.3, 0.4) is 0 Å². The van der Waals surface area contributed by atoms with Crippen molar-refractivity contribution >= 4 is 5.91 Å². The lowest BCUT2D eigenvalue weighted by atomic mass is 9.93. The van der Waals surface area contributed by atoms with Crippen molar-refractivity contribution in [2.24, 2.45) is 0 Å². The first-order valence-corrected chi connectivity index (χ1v) is 6.42. The van der Waals surface area contributed by atoms with Crippen molar-refractivity contribution in [1.29, 1.82) is 5.26 Å². The molecule has 0 radical (unpaired) electrons. The summed E-state index contributed by atoms with van der Waals surface area (Å²) in [6.07, 6.45) is 1.30. The van der Waals surface area contributed by atoms with E-state index in [0.29, 0.717) is 18.9 Å². The summed E-state index contributed by atoms with van der Waals surface area (Å²) in [5, 5.41) is 8.61. The molecule has 0 fully saturated rings. The Labute approximate surface area is 108 Å². The maximum absolute atomic E-state index is 12.3. The molecular weight excluding hydrogens is 224 g/mol. The minimum absolute atomic E-state index is 0.0778. The van der Waals surface area contributed by atoms with E-state index in [1.165, 1.54) is 5.56 Å². The second-order valence-corrected chi connectivity index (χ2v) is 5.02. The molecule has 0 N–H and O–H groups in total. The molecule has 0 bridgehead atoms. The Morgan fingerprint density at radius 1 is 1.44 bits per heavy atom. The summed E-state index contributed by atoms with van der Waals surface area (Å²) in [5.74, 6) is 0.506. The molecule has 1 aromatic carbocycles. The molecule has 18 heavy (non-hydrogen) atoms. The molecule has 1 amide bonds. The van der Waals surface area contributed by atoms with Crippen LogP contribution in [0.4, 0.5) is 0 Å². The molecule has 2 rings (SSSR count). The van der Waals surface area contributed by atoms with Gasteiger partial charge in [0.25, 0.3) is 5.91 Å². The molecule has 1 aliphatic heterocycles. The van der Waals surface area contributed by atoms with E-state index in [1.54, 1.807) is 4.90 Å². The van der Waals surface area contributed by atoms with E-state index >= 15 is 0 Å². The van der Waals surface area contributed by atoms with Gasteiger partial charge in [0.2, 0.25) is 0 Å². The van der Waals surface area contributed by atoms with Crippen LogP contribution in [0.2, 0.25) is 0 Å². The van der Waals surface area contributed by atoms with Crippen molar-refractivity contribution in [2.45, 2.75) is 32.6 Å². The first kappa shape index (κ1) is 12.6. The summed E-state index contributed by atoms with van der Waals surface area (Å²) in [6, 6.07) is 8.30. The Hall–Kier alpha value is -1.82. The third-order valence-corrected chi connectivity index (χ3v) is 3.46. The van der Waals surface area contributed by atoms with Crippen molar-refractivity contribution in [3.05, 3.63) is 34.9 Å². The van der Waals surface area contributed by atoms with E-state index < -0.39 is 0 Å². The van der Waals surface area contributed by atoms with Crippen LogP contribution in [0.15, 0.2) is 18.2 Å². The fourth-order valence-corrected chi connectivity index (χ4v) is 2.30. The largest absolute Gasteiger partial charge is 0.337 e. The van der Waals surface area contributed by atoms with Gasteiger partial charge >= 0.3 is 0 Å². The van der Waals surface area contributed by atoms with E-state index in [0.717, 1.165) is 24.1 Å². The van der Waals surface area contributed by atoms with Gasteiger partial charge in [-0.3, -0.25) is 4.79 Å². The Morgan fingerprint density at radius 3 is 2.89 bits per heavy atom. The minimum atomic E-state index is 0.0778. The molecule has 1 aromatic rings. The molecule has 0 saturated carbocycles. The van der Waals surface area contributed by atoms with Gasteiger partial charge in [-0.2, -0.15) is 5.26 Å². The van der Waals surface area contributed by atoms with Crippen LogP contribution >= 0.6 is 0 Å². The lowest BCUT2D eigenvalue weighted by Crippen LogP contribution is -2.38. The highest BCUT2D eigenvalue weighted by molar-refractivity contribution is 5.97. The van der Waals surface area contributed by atoms with Gasteiger partial charge in [0.15, 0.2) is 0 Å². The summed E-state index contributed by atoms with van der Waals surface area (Å²) < 4.78 is 0. The summed E-state index contributed by atoms with van der Waals surface area (Å²) >= 11 is 0. The highest BCUT2D eigenvalue weighted by atomic mass is 16.2. The van der Waals surface area contributed by atoms with Crippen LogP contribution in [0.1, 0.15) is 47.7 Å². The van der Waals surface area contributed by atoms with Crippen molar-refractivity contribution < 1.29 is 4.79 Å². The van der Waals surface area contributed by atoms with E-state index in [-0.39, 0.29) is 5.91 Å². The average molecular weight is 242 g/mol. The molecule has 1 heterocycles.